The molecule has 0 bridgehead atoms. The molecule has 1 aromatic rings. The number of sulfonamides is 1. The van der Waals surface area contributed by atoms with Gasteiger partial charge in [0.1, 0.15) is 0 Å². The highest BCUT2D eigenvalue weighted by Crippen LogP contribution is 2.32. The highest BCUT2D eigenvalue weighted by Gasteiger charge is 2.29. The van der Waals surface area contributed by atoms with Gasteiger partial charge in [-0.2, -0.15) is 4.31 Å². The monoisotopic (exact) mass is 408 g/mol. The Morgan fingerprint density at radius 3 is 2.50 bits per heavy atom. The van der Waals surface area contributed by atoms with E-state index in [-0.39, 0.29) is 29.0 Å². The number of hydrogen-bond donors (Lipinski definition) is 1. The molecule has 1 aliphatic carbocycles. The van der Waals surface area contributed by atoms with Crippen molar-refractivity contribution in [3.05, 3.63) is 29.8 Å². The number of benzene rings is 1. The second-order valence-electron chi connectivity index (χ2n) is 7.62. The minimum atomic E-state index is -3.64. The number of nitrogens with one attached hydrogen (secondary N) is 1. The van der Waals surface area contributed by atoms with Crippen molar-refractivity contribution in [2.24, 2.45) is 5.92 Å². The molecule has 7 nitrogen and oxygen atoms in total. The third-order valence-electron chi connectivity index (χ3n) is 5.32. The van der Waals surface area contributed by atoms with E-state index < -0.39 is 16.0 Å². The quantitative estimate of drug-likeness (QED) is 0.699. The smallest absolute Gasteiger partial charge is 0.338 e. The molecule has 0 radical (unpaired) electrons. The van der Waals surface area contributed by atoms with E-state index in [2.05, 4.69) is 5.32 Å². The van der Waals surface area contributed by atoms with Crippen LogP contribution in [0.25, 0.3) is 0 Å². The maximum Gasteiger partial charge on any atom is 0.338 e. The fourth-order valence-corrected chi connectivity index (χ4v) is 5.00. The average molecular weight is 409 g/mol. The normalized spacial score (nSPS) is 19.5. The zero-order valence-electron chi connectivity index (χ0n) is 16.2. The Balaban J connectivity index is 1.61. The summed E-state index contributed by atoms with van der Waals surface area (Å²) in [5.41, 5.74) is 0.124. The molecule has 0 spiro atoms. The van der Waals surface area contributed by atoms with E-state index in [1.807, 2.05) is 6.92 Å². The summed E-state index contributed by atoms with van der Waals surface area (Å²) in [4.78, 5) is 24.3. The number of rotatable bonds is 7. The van der Waals surface area contributed by atoms with E-state index in [1.54, 1.807) is 0 Å². The summed E-state index contributed by atoms with van der Waals surface area (Å²) in [6.45, 7) is 2.56. The van der Waals surface area contributed by atoms with Crippen LogP contribution in [0, 0.1) is 5.92 Å². The summed E-state index contributed by atoms with van der Waals surface area (Å²) >= 11 is 0. The highest BCUT2D eigenvalue weighted by molar-refractivity contribution is 7.89. The molecule has 1 saturated carbocycles. The standard InChI is InChI=1S/C20H28N2O5S/c1-15(16-9-10-16)21-19(23)14-27-20(24)17-7-6-8-18(13-17)28(25,26)22-11-4-2-3-5-12-22/h6-8,13,15-16H,2-5,9-12,14H2,1H3,(H,21,23)/t15-/m1/s1. The fraction of sp³-hybridized carbons (Fsp3) is 0.600. The molecule has 1 saturated heterocycles. The molecule has 2 aliphatic rings. The molecular weight excluding hydrogens is 380 g/mol. The number of hydrogen-bond acceptors (Lipinski definition) is 5. The highest BCUT2D eigenvalue weighted by atomic mass is 32.2. The van der Waals surface area contributed by atoms with Crippen LogP contribution < -0.4 is 5.32 Å². The molecule has 1 aliphatic heterocycles. The molecule has 0 aromatic heterocycles. The number of carbonyl (C=O) groups is 2. The van der Waals surface area contributed by atoms with Gasteiger partial charge >= 0.3 is 5.97 Å². The van der Waals surface area contributed by atoms with Crippen molar-refractivity contribution in [1.82, 2.24) is 9.62 Å². The third kappa shape index (κ3) is 5.32. The van der Waals surface area contributed by atoms with Gasteiger partial charge in [-0.3, -0.25) is 4.79 Å². The van der Waals surface area contributed by atoms with Gasteiger partial charge in [0.05, 0.1) is 10.5 Å². The van der Waals surface area contributed by atoms with Crippen LogP contribution in [-0.2, 0) is 19.6 Å². The molecule has 8 heteroatoms. The molecule has 28 heavy (non-hydrogen) atoms. The topological polar surface area (TPSA) is 92.8 Å². The first kappa shape index (κ1) is 20.8. The molecule has 2 fully saturated rings. The largest absolute Gasteiger partial charge is 0.452 e. The minimum Gasteiger partial charge on any atom is -0.452 e. The summed E-state index contributed by atoms with van der Waals surface area (Å²) in [5, 5.41) is 2.81. The summed E-state index contributed by atoms with van der Waals surface area (Å²) < 4.78 is 32.3. The van der Waals surface area contributed by atoms with Crippen LogP contribution in [0.5, 0.6) is 0 Å². The van der Waals surface area contributed by atoms with Crippen molar-refractivity contribution in [3.8, 4) is 0 Å². The molecule has 1 amide bonds. The van der Waals surface area contributed by atoms with Crippen LogP contribution in [0.4, 0.5) is 0 Å². The molecule has 0 unspecified atom stereocenters. The van der Waals surface area contributed by atoms with Crippen LogP contribution in [0.3, 0.4) is 0 Å². The van der Waals surface area contributed by atoms with Gasteiger partial charge in [-0.15, -0.1) is 0 Å². The lowest BCUT2D eigenvalue weighted by Crippen LogP contribution is -2.37. The molecule has 154 valence electrons. The minimum absolute atomic E-state index is 0.0771. The SMILES string of the molecule is C[C@@H](NC(=O)COC(=O)c1cccc(S(=O)(=O)N2CCCCCC2)c1)C1CC1. The number of carbonyl (C=O) groups excluding carboxylic acids is 2. The van der Waals surface area contributed by atoms with Crippen molar-refractivity contribution in [1.29, 1.82) is 0 Å². The summed E-state index contributed by atoms with van der Waals surface area (Å²) in [5.74, 6) is -0.538. The lowest BCUT2D eigenvalue weighted by atomic mass is 10.2. The van der Waals surface area contributed by atoms with Crippen LogP contribution in [0.1, 0.15) is 55.8 Å². The van der Waals surface area contributed by atoms with Crippen LogP contribution in [-0.4, -0.2) is 50.3 Å². The zero-order valence-corrected chi connectivity index (χ0v) is 17.0. The van der Waals surface area contributed by atoms with Crippen LogP contribution >= 0.6 is 0 Å². The van der Waals surface area contributed by atoms with Gasteiger partial charge in [-0.25, -0.2) is 13.2 Å². The summed E-state index contributed by atoms with van der Waals surface area (Å²) in [7, 11) is -3.64. The molecule has 3 rings (SSSR count). The Kier molecular flexibility index (Phi) is 6.72. The molecule has 1 aromatic carbocycles. The second kappa shape index (κ2) is 9.05. The van der Waals surface area contributed by atoms with Crippen molar-refractivity contribution in [2.45, 2.75) is 56.4 Å². The fourth-order valence-electron chi connectivity index (χ4n) is 3.44. The van der Waals surface area contributed by atoms with Gasteiger partial charge in [0.15, 0.2) is 6.61 Å². The number of ether oxygens (including phenoxy) is 1. The number of esters is 1. The first-order valence-corrected chi connectivity index (χ1v) is 11.4. The lowest BCUT2D eigenvalue weighted by Gasteiger charge is -2.20. The van der Waals surface area contributed by atoms with Crippen molar-refractivity contribution in [2.75, 3.05) is 19.7 Å². The second-order valence-corrected chi connectivity index (χ2v) is 9.55. The maximum absolute atomic E-state index is 12.9. The maximum atomic E-state index is 12.9. The van der Waals surface area contributed by atoms with E-state index >= 15 is 0 Å². The van der Waals surface area contributed by atoms with Gasteiger partial charge in [0.25, 0.3) is 5.91 Å². The van der Waals surface area contributed by atoms with Gasteiger partial charge in [0, 0.05) is 19.1 Å². The molecule has 1 N–H and O–H groups in total. The lowest BCUT2D eigenvalue weighted by molar-refractivity contribution is -0.124. The Morgan fingerprint density at radius 1 is 1.18 bits per heavy atom. The van der Waals surface area contributed by atoms with E-state index in [9.17, 15) is 18.0 Å². The predicted molar refractivity (Wildman–Crippen MR) is 104 cm³/mol. The van der Waals surface area contributed by atoms with Crippen molar-refractivity contribution < 1.29 is 22.7 Å². The van der Waals surface area contributed by atoms with E-state index in [0.29, 0.717) is 19.0 Å². The zero-order chi connectivity index (χ0) is 20.1. The van der Waals surface area contributed by atoms with Gasteiger partial charge < -0.3 is 10.1 Å². The van der Waals surface area contributed by atoms with Crippen molar-refractivity contribution >= 4 is 21.9 Å². The first-order valence-electron chi connectivity index (χ1n) is 9.94. The Labute approximate surface area is 166 Å². The number of amides is 1. The Hall–Kier alpha value is -1.93. The molecular formula is C20H28N2O5S. The van der Waals surface area contributed by atoms with Crippen LogP contribution in [0.2, 0.25) is 0 Å². The van der Waals surface area contributed by atoms with Gasteiger partial charge in [-0.05, 0) is 56.7 Å². The summed E-state index contributed by atoms with van der Waals surface area (Å²) in [6.07, 6.45) is 5.96. The average Bonchev–Trinajstić information content (AvgIpc) is 3.53. The molecule has 1 heterocycles. The predicted octanol–water partition coefficient (Wildman–Crippen LogP) is 2.32. The van der Waals surface area contributed by atoms with Gasteiger partial charge in [-0.1, -0.05) is 18.9 Å². The third-order valence-corrected chi connectivity index (χ3v) is 7.22. The Morgan fingerprint density at radius 2 is 1.86 bits per heavy atom. The van der Waals surface area contributed by atoms with Gasteiger partial charge in [0.2, 0.25) is 10.0 Å². The summed E-state index contributed by atoms with van der Waals surface area (Å²) in [6, 6.07) is 5.91. The van der Waals surface area contributed by atoms with E-state index in [0.717, 1.165) is 38.5 Å². The van der Waals surface area contributed by atoms with Crippen LogP contribution in [0.15, 0.2) is 29.2 Å². The Bertz CT molecular complexity index is 812. The first-order chi connectivity index (χ1) is 13.4. The number of nitrogens with zero attached hydrogens (tertiary/aromatic N) is 1. The van der Waals surface area contributed by atoms with E-state index in [4.69, 9.17) is 4.74 Å². The molecule has 1 atom stereocenters. The van der Waals surface area contributed by atoms with E-state index in [1.165, 1.54) is 28.6 Å². The van der Waals surface area contributed by atoms with Crippen molar-refractivity contribution in [3.63, 3.8) is 0 Å².